The van der Waals surface area contributed by atoms with Crippen LogP contribution in [-0.4, -0.2) is 60.4 Å². The number of carbonyl (C=O) groups excluding carboxylic acids is 4. The molecule has 2 aromatic rings. The molecule has 2 N–H and O–H groups in total. The lowest BCUT2D eigenvalue weighted by atomic mass is 9.86. The summed E-state index contributed by atoms with van der Waals surface area (Å²) in [5.74, 6) is -2.16. The number of hydrogen-bond donors (Lipinski definition) is 2. The monoisotopic (exact) mass is 554 g/mol. The maximum atomic E-state index is 14.7. The molecular weight excluding hydrogens is 527 g/mol. The van der Waals surface area contributed by atoms with Crippen molar-refractivity contribution in [2.45, 2.75) is 61.9 Å². The number of hydrogen-bond acceptors (Lipinski definition) is 6. The van der Waals surface area contributed by atoms with E-state index in [1.807, 2.05) is 0 Å². The molecule has 1 atom stereocenters. The van der Waals surface area contributed by atoms with E-state index in [1.54, 1.807) is 12.1 Å². The number of benzene rings is 2. The van der Waals surface area contributed by atoms with Crippen molar-refractivity contribution in [1.82, 2.24) is 14.5 Å². The molecule has 0 aliphatic carbocycles. The molecule has 0 aromatic heterocycles. The third kappa shape index (κ3) is 4.51. The molecule has 10 nitrogen and oxygen atoms in total. The highest BCUT2D eigenvalue weighted by Crippen LogP contribution is 2.39. The van der Waals surface area contributed by atoms with Gasteiger partial charge in [-0.25, -0.2) is 12.8 Å². The van der Waals surface area contributed by atoms with E-state index in [4.69, 9.17) is 0 Å². The predicted octanol–water partition coefficient (Wildman–Crippen LogP) is 2.04. The smallest absolute Gasteiger partial charge is 0.255 e. The SMILES string of the molecule is O=C1CCC(N2Cc3c(cc(F)cc3C3CCN(S(=O)(=O)c4ccc5c(c4)CCC(=O)N5)CC3)C2=O)C(=O)N1. The minimum Gasteiger partial charge on any atom is -0.326 e. The maximum Gasteiger partial charge on any atom is 0.255 e. The van der Waals surface area contributed by atoms with Crippen molar-refractivity contribution in [3.05, 3.63) is 58.4 Å². The number of fused-ring (bicyclic) bond motifs is 2. The van der Waals surface area contributed by atoms with Crippen LogP contribution in [0.2, 0.25) is 0 Å². The Bertz CT molecular complexity index is 1530. The van der Waals surface area contributed by atoms with Crippen molar-refractivity contribution >= 4 is 39.3 Å². The molecule has 0 spiro atoms. The fourth-order valence-electron chi connectivity index (χ4n) is 6.09. The Morgan fingerprint density at radius 3 is 2.36 bits per heavy atom. The van der Waals surface area contributed by atoms with Crippen molar-refractivity contribution in [1.29, 1.82) is 0 Å². The van der Waals surface area contributed by atoms with E-state index in [-0.39, 0.29) is 60.7 Å². The van der Waals surface area contributed by atoms with Crippen molar-refractivity contribution in [3.63, 3.8) is 0 Å². The topological polar surface area (TPSA) is 133 Å². The molecule has 4 aliphatic rings. The Hall–Kier alpha value is -3.64. The summed E-state index contributed by atoms with van der Waals surface area (Å²) < 4.78 is 42.9. The summed E-state index contributed by atoms with van der Waals surface area (Å²) >= 11 is 0. The summed E-state index contributed by atoms with van der Waals surface area (Å²) in [6, 6.07) is 6.53. The number of nitrogens with one attached hydrogen (secondary N) is 2. The Kier molecular flexibility index (Phi) is 6.26. The zero-order valence-corrected chi connectivity index (χ0v) is 21.9. The first-order valence-electron chi connectivity index (χ1n) is 13.0. The Morgan fingerprint density at radius 1 is 0.872 bits per heavy atom. The van der Waals surface area contributed by atoms with Gasteiger partial charge in [0.05, 0.1) is 4.90 Å². The van der Waals surface area contributed by atoms with Crippen LogP contribution in [0.15, 0.2) is 35.2 Å². The number of amides is 4. The van der Waals surface area contributed by atoms with Gasteiger partial charge in [-0.05, 0) is 78.6 Å². The summed E-state index contributed by atoms with van der Waals surface area (Å²) in [5, 5.41) is 5.02. The number of aryl methyl sites for hydroxylation is 1. The average Bonchev–Trinajstić information content (AvgIpc) is 3.23. The van der Waals surface area contributed by atoms with E-state index >= 15 is 0 Å². The highest BCUT2D eigenvalue weighted by molar-refractivity contribution is 7.89. The second-order valence-electron chi connectivity index (χ2n) is 10.5. The molecule has 204 valence electrons. The number of halogens is 1. The third-order valence-electron chi connectivity index (χ3n) is 8.16. The molecule has 4 heterocycles. The molecule has 12 heteroatoms. The number of nitrogens with zero attached hydrogens (tertiary/aromatic N) is 2. The van der Waals surface area contributed by atoms with Gasteiger partial charge in [0.25, 0.3) is 5.91 Å². The first-order chi connectivity index (χ1) is 18.6. The first kappa shape index (κ1) is 25.6. The summed E-state index contributed by atoms with van der Waals surface area (Å²) in [6.07, 6.45) is 2.03. The molecule has 6 rings (SSSR count). The third-order valence-corrected chi connectivity index (χ3v) is 10.1. The van der Waals surface area contributed by atoms with Crippen LogP contribution in [0, 0.1) is 5.82 Å². The van der Waals surface area contributed by atoms with Gasteiger partial charge in [0.2, 0.25) is 27.7 Å². The number of imide groups is 1. The highest BCUT2D eigenvalue weighted by atomic mass is 32.2. The van der Waals surface area contributed by atoms with Crippen molar-refractivity contribution in [2.24, 2.45) is 0 Å². The van der Waals surface area contributed by atoms with Crippen LogP contribution in [0.1, 0.15) is 65.1 Å². The molecule has 2 fully saturated rings. The normalized spacial score (nSPS) is 22.4. The van der Waals surface area contributed by atoms with Crippen LogP contribution >= 0.6 is 0 Å². The Labute approximate surface area is 224 Å². The Balaban J connectivity index is 1.20. The molecule has 39 heavy (non-hydrogen) atoms. The van der Waals surface area contributed by atoms with Crippen molar-refractivity contribution < 1.29 is 32.0 Å². The average molecular weight is 555 g/mol. The molecule has 1 unspecified atom stereocenters. The maximum absolute atomic E-state index is 14.7. The van der Waals surface area contributed by atoms with Gasteiger partial charge in [-0.3, -0.25) is 24.5 Å². The van der Waals surface area contributed by atoms with Gasteiger partial charge in [-0.2, -0.15) is 4.31 Å². The first-order valence-corrected chi connectivity index (χ1v) is 14.5. The van der Waals surface area contributed by atoms with Crippen LogP contribution in [0.4, 0.5) is 10.1 Å². The zero-order chi connectivity index (χ0) is 27.5. The van der Waals surface area contributed by atoms with E-state index in [0.29, 0.717) is 42.5 Å². The summed E-state index contributed by atoms with van der Waals surface area (Å²) in [5.41, 5.74) is 2.95. The number of rotatable bonds is 4. The van der Waals surface area contributed by atoms with E-state index < -0.39 is 33.7 Å². The van der Waals surface area contributed by atoms with E-state index in [9.17, 15) is 32.0 Å². The van der Waals surface area contributed by atoms with Gasteiger partial charge in [0.1, 0.15) is 11.9 Å². The Morgan fingerprint density at radius 2 is 1.62 bits per heavy atom. The minimum absolute atomic E-state index is 0.0917. The molecule has 0 bridgehead atoms. The van der Waals surface area contributed by atoms with Gasteiger partial charge in [0, 0.05) is 43.7 Å². The number of anilines is 1. The summed E-state index contributed by atoms with van der Waals surface area (Å²) in [6.45, 7) is 0.605. The summed E-state index contributed by atoms with van der Waals surface area (Å²) in [7, 11) is -3.76. The largest absolute Gasteiger partial charge is 0.326 e. The second kappa shape index (κ2) is 9.53. The van der Waals surface area contributed by atoms with Crippen LogP contribution in [-0.2, 0) is 37.4 Å². The van der Waals surface area contributed by atoms with Gasteiger partial charge in [0.15, 0.2) is 0 Å². The van der Waals surface area contributed by atoms with Gasteiger partial charge in [-0.15, -0.1) is 0 Å². The molecule has 0 saturated carbocycles. The van der Waals surface area contributed by atoms with Gasteiger partial charge < -0.3 is 10.2 Å². The molecular formula is C27H27FN4O6S. The van der Waals surface area contributed by atoms with Crippen molar-refractivity contribution in [2.75, 3.05) is 18.4 Å². The predicted molar refractivity (Wildman–Crippen MR) is 137 cm³/mol. The van der Waals surface area contributed by atoms with Crippen LogP contribution in [0.3, 0.4) is 0 Å². The van der Waals surface area contributed by atoms with Crippen LogP contribution < -0.4 is 10.6 Å². The highest BCUT2D eigenvalue weighted by Gasteiger charge is 2.41. The fourth-order valence-corrected chi connectivity index (χ4v) is 7.61. The van der Waals surface area contributed by atoms with Crippen molar-refractivity contribution in [3.8, 4) is 0 Å². The van der Waals surface area contributed by atoms with Gasteiger partial charge >= 0.3 is 0 Å². The van der Waals surface area contributed by atoms with E-state index in [0.717, 1.165) is 5.56 Å². The summed E-state index contributed by atoms with van der Waals surface area (Å²) in [4.78, 5) is 50.3. The standard InChI is InChI=1S/C27H27FN4O6S/c28-17-12-19(21-14-32(27(36)20(21)13-17)23-4-6-25(34)30-26(23)35)15-7-9-31(10-8-15)39(37,38)18-2-3-22-16(11-18)1-5-24(33)29-22/h2-3,11-13,15,23H,1,4-10,14H2,(H,29,33)(H,30,34,35). The lowest BCUT2D eigenvalue weighted by Gasteiger charge is -2.33. The number of piperidine rings is 2. The zero-order valence-electron chi connectivity index (χ0n) is 21.0. The van der Waals surface area contributed by atoms with Crippen LogP contribution in [0.5, 0.6) is 0 Å². The lowest BCUT2D eigenvalue weighted by molar-refractivity contribution is -0.137. The molecule has 4 amide bonds. The molecule has 4 aliphatic heterocycles. The van der Waals surface area contributed by atoms with Crippen LogP contribution in [0.25, 0.3) is 0 Å². The minimum atomic E-state index is -3.76. The quantitative estimate of drug-likeness (QED) is 0.556. The molecule has 2 saturated heterocycles. The number of carbonyl (C=O) groups is 4. The molecule has 0 radical (unpaired) electrons. The second-order valence-corrected chi connectivity index (χ2v) is 12.4. The van der Waals surface area contributed by atoms with E-state index in [2.05, 4.69) is 10.6 Å². The number of sulfonamides is 1. The van der Waals surface area contributed by atoms with Gasteiger partial charge in [-0.1, -0.05) is 0 Å². The van der Waals surface area contributed by atoms with E-state index in [1.165, 1.54) is 27.4 Å². The molecule has 2 aromatic carbocycles. The fraction of sp³-hybridized carbons (Fsp3) is 0.407. The lowest BCUT2D eigenvalue weighted by Crippen LogP contribution is -2.52.